The van der Waals surface area contributed by atoms with Crippen molar-refractivity contribution in [2.24, 2.45) is 10.8 Å². The highest BCUT2D eigenvalue weighted by molar-refractivity contribution is 9.10. The Morgan fingerprint density at radius 2 is 1.41 bits per heavy atom. The molecule has 2 unspecified atom stereocenters. The molecule has 0 amide bonds. The fourth-order valence-corrected chi connectivity index (χ4v) is 3.88. The predicted molar refractivity (Wildman–Crippen MR) is 131 cm³/mol. The van der Waals surface area contributed by atoms with Crippen LogP contribution in [0.3, 0.4) is 0 Å². The number of carbonyl (C=O) groups is 2. The van der Waals surface area contributed by atoms with Gasteiger partial charge in [0.15, 0.2) is 12.2 Å². The molecular weight excluding hydrogens is 518 g/mol. The molecule has 1 aromatic rings. The second-order valence-electron chi connectivity index (χ2n) is 9.82. The van der Waals surface area contributed by atoms with Gasteiger partial charge in [-0.2, -0.15) is 0 Å². The number of esters is 2. The van der Waals surface area contributed by atoms with E-state index >= 15 is 0 Å². The maximum atomic E-state index is 12.9. The van der Waals surface area contributed by atoms with E-state index in [0.717, 1.165) is 10.0 Å². The van der Waals surface area contributed by atoms with Gasteiger partial charge in [0.2, 0.25) is 0 Å². The minimum absolute atomic E-state index is 0.167. The normalized spacial score (nSPS) is 26.5. The van der Waals surface area contributed by atoms with Crippen molar-refractivity contribution in [1.82, 2.24) is 0 Å². The van der Waals surface area contributed by atoms with Crippen molar-refractivity contribution in [3.63, 3.8) is 0 Å². The van der Waals surface area contributed by atoms with E-state index in [1.165, 1.54) is 0 Å². The molecule has 10 heteroatoms. The van der Waals surface area contributed by atoms with Crippen LogP contribution in [-0.2, 0) is 32.8 Å². The molecule has 7 atom stereocenters. The first-order valence-electron chi connectivity index (χ1n) is 10.3. The summed E-state index contributed by atoms with van der Waals surface area (Å²) in [6, 6.07) is 7.49. The molecule has 0 N–H and O–H groups in total. The molecule has 7 nitrogen and oxygen atoms in total. The number of benzene rings is 1. The average Bonchev–Trinajstić information content (AvgIpc) is 2.69. The number of rotatable bonds is 6. The zero-order valence-electron chi connectivity index (χ0n) is 19.3. The highest BCUT2D eigenvalue weighted by Gasteiger charge is 2.52. The van der Waals surface area contributed by atoms with Gasteiger partial charge in [-0.05, 0) is 59.2 Å². The highest BCUT2D eigenvalue weighted by Crippen LogP contribution is 2.40. The van der Waals surface area contributed by atoms with Crippen LogP contribution in [0.1, 0.15) is 53.2 Å². The molecule has 0 spiro atoms. The Bertz CT molecular complexity index is 789. The van der Waals surface area contributed by atoms with Gasteiger partial charge in [-0.15, -0.1) is 0 Å². The van der Waals surface area contributed by atoms with Gasteiger partial charge in [0, 0.05) is 23.4 Å². The monoisotopic (exact) mass is 550 g/mol. The summed E-state index contributed by atoms with van der Waals surface area (Å²) in [5.41, 5.74) is -0.755. The number of halogens is 1. The SMILES string of the molecule is CC(C)(C)C(=O)O[C@@H]1[C@H](OC(=O)C(C)(C)C)[C@@H](c2ccc(Br)cc2)O[C@H](COP)[C@H]1OP. The van der Waals surface area contributed by atoms with Crippen molar-refractivity contribution in [3.05, 3.63) is 34.3 Å². The smallest absolute Gasteiger partial charge is 0.311 e. The Balaban J connectivity index is 2.56. The van der Waals surface area contributed by atoms with E-state index in [9.17, 15) is 9.59 Å². The Morgan fingerprint density at radius 1 is 0.906 bits per heavy atom. The number of hydrogen-bond acceptors (Lipinski definition) is 7. The van der Waals surface area contributed by atoms with E-state index in [4.69, 9.17) is 23.3 Å². The lowest BCUT2D eigenvalue weighted by molar-refractivity contribution is -0.245. The van der Waals surface area contributed by atoms with Crippen molar-refractivity contribution in [3.8, 4) is 0 Å². The van der Waals surface area contributed by atoms with Crippen molar-refractivity contribution < 1.29 is 32.8 Å². The van der Waals surface area contributed by atoms with Crippen LogP contribution in [0.2, 0.25) is 0 Å². The van der Waals surface area contributed by atoms with Crippen molar-refractivity contribution >= 4 is 46.8 Å². The van der Waals surface area contributed by atoms with Crippen LogP contribution in [-0.4, -0.2) is 43.0 Å². The van der Waals surface area contributed by atoms with Crippen LogP contribution in [0.15, 0.2) is 28.7 Å². The summed E-state index contributed by atoms with van der Waals surface area (Å²) in [5, 5.41) is 0. The van der Waals surface area contributed by atoms with Crippen LogP contribution >= 0.6 is 34.9 Å². The molecule has 1 heterocycles. The van der Waals surface area contributed by atoms with Crippen molar-refractivity contribution in [2.45, 2.75) is 72.1 Å². The van der Waals surface area contributed by atoms with Crippen LogP contribution in [0, 0.1) is 10.8 Å². The maximum absolute atomic E-state index is 12.9. The van der Waals surface area contributed by atoms with E-state index in [2.05, 4.69) is 34.9 Å². The number of carbonyl (C=O) groups excluding carboxylic acids is 2. The van der Waals surface area contributed by atoms with Crippen LogP contribution in [0.5, 0.6) is 0 Å². The standard InChI is InChI=1S/C22H33BrO7P2/c1-21(2,3)19(24)28-17-15(12-7-9-13(23)10-8-12)27-14(11-26-31)16(30-32)18(17)29-20(25)22(4,5)6/h7-10,14-18H,11,31-32H2,1-6H3/t14-,15-,16-,17-,18+/m1/s1. The number of hydrogen-bond donors (Lipinski definition) is 0. The van der Waals surface area contributed by atoms with Gasteiger partial charge >= 0.3 is 11.9 Å². The summed E-state index contributed by atoms with van der Waals surface area (Å²) in [6.45, 7) is 10.7. The van der Waals surface area contributed by atoms with Crippen molar-refractivity contribution in [1.29, 1.82) is 0 Å². The number of ether oxygens (including phenoxy) is 3. The lowest BCUT2D eigenvalue weighted by Gasteiger charge is -2.45. The lowest BCUT2D eigenvalue weighted by atomic mass is 9.89. The molecule has 1 fully saturated rings. The van der Waals surface area contributed by atoms with E-state index in [0.29, 0.717) is 0 Å². The van der Waals surface area contributed by atoms with Crippen LogP contribution in [0.4, 0.5) is 0 Å². The van der Waals surface area contributed by atoms with E-state index in [1.807, 2.05) is 24.3 Å². The topological polar surface area (TPSA) is 80.3 Å². The molecule has 1 aromatic carbocycles. The fraction of sp³-hybridized carbons (Fsp3) is 0.636. The van der Waals surface area contributed by atoms with E-state index in [-0.39, 0.29) is 6.61 Å². The fourth-order valence-electron chi connectivity index (χ4n) is 3.09. The van der Waals surface area contributed by atoms with Gasteiger partial charge in [-0.1, -0.05) is 28.1 Å². The zero-order valence-corrected chi connectivity index (χ0v) is 23.2. The first kappa shape index (κ1) is 27.6. The van der Waals surface area contributed by atoms with Crippen molar-refractivity contribution in [2.75, 3.05) is 6.61 Å². The summed E-state index contributed by atoms with van der Waals surface area (Å²) in [7, 11) is 4.37. The lowest BCUT2D eigenvalue weighted by Crippen LogP contribution is -2.59. The quantitative estimate of drug-likeness (QED) is 0.372. The Morgan fingerprint density at radius 3 is 1.84 bits per heavy atom. The first-order valence-corrected chi connectivity index (χ1v) is 12.0. The summed E-state index contributed by atoms with van der Waals surface area (Å²) in [5.74, 6) is -0.873. The maximum Gasteiger partial charge on any atom is 0.311 e. The van der Waals surface area contributed by atoms with Gasteiger partial charge in [-0.3, -0.25) is 9.59 Å². The molecule has 0 aliphatic carbocycles. The minimum Gasteiger partial charge on any atom is -0.455 e. The van der Waals surface area contributed by atoms with E-state index < -0.39 is 53.3 Å². The first-order chi connectivity index (χ1) is 14.8. The van der Waals surface area contributed by atoms with Gasteiger partial charge in [0.05, 0.1) is 17.4 Å². The average molecular weight is 551 g/mol. The summed E-state index contributed by atoms with van der Waals surface area (Å²) < 4.78 is 30.0. The second kappa shape index (κ2) is 11.2. The Hall–Kier alpha value is -0.620. The molecule has 180 valence electrons. The third-order valence-corrected chi connectivity index (χ3v) is 6.00. The summed E-state index contributed by atoms with van der Waals surface area (Å²) in [6.07, 6.45) is -3.87. The molecule has 0 saturated carbocycles. The molecule has 1 saturated heterocycles. The van der Waals surface area contributed by atoms with Gasteiger partial charge in [-0.25, -0.2) is 0 Å². The van der Waals surface area contributed by atoms with Gasteiger partial charge in [0.1, 0.15) is 18.3 Å². The molecule has 32 heavy (non-hydrogen) atoms. The predicted octanol–water partition coefficient (Wildman–Crippen LogP) is 4.79. The highest BCUT2D eigenvalue weighted by atomic mass is 79.9. The molecule has 0 aromatic heterocycles. The Labute approximate surface area is 203 Å². The van der Waals surface area contributed by atoms with Crippen LogP contribution < -0.4 is 0 Å². The molecule has 1 aliphatic rings. The molecular formula is C22H33BrO7P2. The Kier molecular flexibility index (Phi) is 9.67. The van der Waals surface area contributed by atoms with E-state index in [1.54, 1.807) is 41.5 Å². The molecule has 0 bridgehead atoms. The zero-order chi connectivity index (χ0) is 24.3. The largest absolute Gasteiger partial charge is 0.455 e. The summed E-state index contributed by atoms with van der Waals surface area (Å²) in [4.78, 5) is 25.8. The second-order valence-corrected chi connectivity index (χ2v) is 11.3. The van der Waals surface area contributed by atoms with Gasteiger partial charge in [0.25, 0.3) is 0 Å². The van der Waals surface area contributed by atoms with Crippen LogP contribution in [0.25, 0.3) is 0 Å². The molecule has 2 rings (SSSR count). The minimum atomic E-state index is -0.930. The molecule has 0 radical (unpaired) electrons. The third kappa shape index (κ3) is 6.94. The van der Waals surface area contributed by atoms with Gasteiger partial charge < -0.3 is 23.3 Å². The summed E-state index contributed by atoms with van der Waals surface area (Å²) >= 11 is 3.43. The molecule has 1 aliphatic heterocycles. The third-order valence-electron chi connectivity index (χ3n) is 4.96.